The summed E-state index contributed by atoms with van der Waals surface area (Å²) in [7, 11) is 0. The van der Waals surface area contributed by atoms with Crippen LogP contribution in [0.5, 0.6) is 0 Å². The molecule has 0 fully saturated rings. The zero-order valence-electron chi connectivity index (χ0n) is 20.0. The topological polar surface area (TPSA) is 116 Å². The Morgan fingerprint density at radius 1 is 1.18 bits per heavy atom. The van der Waals surface area contributed by atoms with Crippen LogP contribution in [-0.4, -0.2) is 33.4 Å². The maximum Gasteiger partial charge on any atom is 0.359 e. The molecule has 0 unspecified atom stereocenters. The molecule has 38 heavy (non-hydrogen) atoms. The molecule has 0 aliphatic carbocycles. The number of aryl methyl sites for hydroxylation is 1. The number of rotatable bonds is 6. The smallest absolute Gasteiger partial charge is 0.359 e. The first-order valence-corrected chi connectivity index (χ1v) is 12.6. The monoisotopic (exact) mass is 552 g/mol. The van der Waals surface area contributed by atoms with Gasteiger partial charge in [-0.05, 0) is 44.2 Å². The van der Waals surface area contributed by atoms with Gasteiger partial charge in [0.05, 0.1) is 22.7 Å². The van der Waals surface area contributed by atoms with Gasteiger partial charge in [0.2, 0.25) is 0 Å². The summed E-state index contributed by atoms with van der Waals surface area (Å²) in [6.45, 7) is 3.31. The standard InChI is InChI=1S/C26H18ClFN4O5S/c1-3-36-26(35)22-17-12-38-24(20(17)25(34)32(30-22)15-10-8-14(28)9-11-15)29-23(33)19-13(2)37-31-21(19)16-6-4-5-7-18(16)27/h4-12H,3H2,1-2H3,(H,29,33). The third-order valence-corrected chi connectivity index (χ3v) is 6.86. The highest BCUT2D eigenvalue weighted by Gasteiger charge is 2.27. The van der Waals surface area contributed by atoms with Gasteiger partial charge in [0.25, 0.3) is 11.5 Å². The highest BCUT2D eigenvalue weighted by atomic mass is 35.5. The first-order valence-electron chi connectivity index (χ1n) is 11.3. The molecular weight excluding hydrogens is 535 g/mol. The molecule has 0 spiro atoms. The van der Waals surface area contributed by atoms with E-state index < -0.39 is 23.3 Å². The van der Waals surface area contributed by atoms with Gasteiger partial charge in [-0.3, -0.25) is 9.59 Å². The molecule has 0 saturated carbocycles. The first-order chi connectivity index (χ1) is 18.3. The Hall–Kier alpha value is -4.35. The highest BCUT2D eigenvalue weighted by molar-refractivity contribution is 7.16. The van der Waals surface area contributed by atoms with Crippen molar-refractivity contribution in [2.75, 3.05) is 11.9 Å². The van der Waals surface area contributed by atoms with Crippen molar-refractivity contribution in [3.63, 3.8) is 0 Å². The summed E-state index contributed by atoms with van der Waals surface area (Å²) in [6, 6.07) is 11.9. The number of nitrogens with one attached hydrogen (secondary N) is 1. The average molecular weight is 553 g/mol. The number of carbonyl (C=O) groups excluding carboxylic acids is 2. The number of anilines is 1. The van der Waals surface area contributed by atoms with E-state index in [1.165, 1.54) is 29.6 Å². The van der Waals surface area contributed by atoms with E-state index in [0.29, 0.717) is 10.6 Å². The average Bonchev–Trinajstić information content (AvgIpc) is 3.49. The molecule has 0 aliphatic rings. The fourth-order valence-corrected chi connectivity index (χ4v) is 5.05. The predicted molar refractivity (Wildman–Crippen MR) is 141 cm³/mol. The molecule has 5 aromatic rings. The fraction of sp³-hybridized carbons (Fsp3) is 0.115. The number of benzene rings is 2. The molecule has 3 heterocycles. The number of halogens is 2. The van der Waals surface area contributed by atoms with Crippen LogP contribution in [0.4, 0.5) is 9.39 Å². The van der Waals surface area contributed by atoms with Gasteiger partial charge >= 0.3 is 5.97 Å². The molecule has 1 N–H and O–H groups in total. The molecule has 0 saturated heterocycles. The Labute approximate surface area is 223 Å². The molecule has 5 rings (SSSR count). The Kier molecular flexibility index (Phi) is 6.79. The normalized spacial score (nSPS) is 11.1. The lowest BCUT2D eigenvalue weighted by Gasteiger charge is -2.10. The zero-order chi connectivity index (χ0) is 27.0. The van der Waals surface area contributed by atoms with Crippen molar-refractivity contribution >= 4 is 50.6 Å². The van der Waals surface area contributed by atoms with Gasteiger partial charge in [-0.15, -0.1) is 11.3 Å². The highest BCUT2D eigenvalue weighted by Crippen LogP contribution is 2.34. The molecule has 0 atom stereocenters. The predicted octanol–water partition coefficient (Wildman–Crippen LogP) is 5.63. The number of amides is 1. The molecule has 9 nitrogen and oxygen atoms in total. The second kappa shape index (κ2) is 10.2. The van der Waals surface area contributed by atoms with Gasteiger partial charge in [-0.2, -0.15) is 9.78 Å². The second-order valence-corrected chi connectivity index (χ2v) is 9.30. The minimum absolute atomic E-state index is 0.0409. The lowest BCUT2D eigenvalue weighted by Crippen LogP contribution is -2.25. The van der Waals surface area contributed by atoms with Gasteiger partial charge < -0.3 is 14.6 Å². The summed E-state index contributed by atoms with van der Waals surface area (Å²) in [5, 5.41) is 13.3. The van der Waals surface area contributed by atoms with Crippen molar-refractivity contribution in [1.29, 1.82) is 0 Å². The van der Waals surface area contributed by atoms with Gasteiger partial charge in [0, 0.05) is 16.3 Å². The summed E-state index contributed by atoms with van der Waals surface area (Å²) in [5.74, 6) is -1.60. The molecule has 192 valence electrons. The third kappa shape index (κ3) is 4.46. The van der Waals surface area contributed by atoms with Gasteiger partial charge in [0.15, 0.2) is 5.69 Å². The number of aromatic nitrogens is 3. The van der Waals surface area contributed by atoms with Crippen LogP contribution in [0.3, 0.4) is 0 Å². The number of fused-ring (bicyclic) bond motifs is 1. The van der Waals surface area contributed by atoms with Crippen LogP contribution < -0.4 is 10.9 Å². The van der Waals surface area contributed by atoms with Crippen LogP contribution in [0, 0.1) is 12.7 Å². The first kappa shape index (κ1) is 25.3. The van der Waals surface area contributed by atoms with Gasteiger partial charge in [0.1, 0.15) is 27.8 Å². The van der Waals surface area contributed by atoms with Crippen molar-refractivity contribution in [3.05, 3.63) is 92.1 Å². The number of carbonyl (C=O) groups is 2. The number of hydrogen-bond acceptors (Lipinski definition) is 8. The molecule has 2 aromatic carbocycles. The Morgan fingerprint density at radius 3 is 2.63 bits per heavy atom. The Balaban J connectivity index is 1.64. The van der Waals surface area contributed by atoms with Crippen LogP contribution >= 0.6 is 22.9 Å². The SMILES string of the molecule is CCOC(=O)c1nn(-c2ccc(F)cc2)c(=O)c2c(NC(=O)c3c(-c4ccccc4Cl)noc3C)scc12. The maximum absolute atomic E-state index is 13.6. The lowest BCUT2D eigenvalue weighted by atomic mass is 10.1. The molecule has 0 radical (unpaired) electrons. The third-order valence-electron chi connectivity index (χ3n) is 5.64. The van der Waals surface area contributed by atoms with Gasteiger partial charge in [-0.25, -0.2) is 9.18 Å². The summed E-state index contributed by atoms with van der Waals surface area (Å²) in [6.07, 6.45) is 0. The van der Waals surface area contributed by atoms with Crippen molar-refractivity contribution < 1.29 is 23.2 Å². The van der Waals surface area contributed by atoms with Crippen molar-refractivity contribution in [1.82, 2.24) is 14.9 Å². The van der Waals surface area contributed by atoms with Crippen LogP contribution in [0.1, 0.15) is 33.5 Å². The number of esters is 1. The summed E-state index contributed by atoms with van der Waals surface area (Å²) >= 11 is 7.35. The van der Waals surface area contributed by atoms with E-state index in [1.54, 1.807) is 38.1 Å². The summed E-state index contributed by atoms with van der Waals surface area (Å²) in [4.78, 5) is 39.7. The molecular formula is C26H18ClFN4O5S. The van der Waals surface area contributed by atoms with Crippen LogP contribution in [-0.2, 0) is 4.74 Å². The van der Waals surface area contributed by atoms with Crippen molar-refractivity contribution in [3.8, 4) is 16.9 Å². The van der Waals surface area contributed by atoms with E-state index in [0.717, 1.165) is 16.0 Å². The summed E-state index contributed by atoms with van der Waals surface area (Å²) < 4.78 is 24.9. The molecule has 1 amide bonds. The molecule has 12 heteroatoms. The Morgan fingerprint density at radius 2 is 1.92 bits per heavy atom. The van der Waals surface area contributed by atoms with E-state index in [1.807, 2.05) is 0 Å². The summed E-state index contributed by atoms with van der Waals surface area (Å²) in [5.41, 5.74) is 0.357. The minimum atomic E-state index is -0.750. The van der Waals surface area contributed by atoms with E-state index in [-0.39, 0.29) is 50.8 Å². The fourth-order valence-electron chi connectivity index (χ4n) is 3.89. The number of nitrogens with zero attached hydrogens (tertiary/aromatic N) is 3. The van der Waals surface area contributed by atoms with E-state index in [4.69, 9.17) is 20.9 Å². The van der Waals surface area contributed by atoms with Crippen LogP contribution in [0.2, 0.25) is 5.02 Å². The quantitative estimate of drug-likeness (QED) is 0.271. The minimum Gasteiger partial charge on any atom is -0.461 e. The second-order valence-electron chi connectivity index (χ2n) is 8.01. The molecule has 0 bridgehead atoms. The van der Waals surface area contributed by atoms with E-state index >= 15 is 0 Å². The lowest BCUT2D eigenvalue weighted by molar-refractivity contribution is 0.0520. The number of ether oxygens (including phenoxy) is 1. The van der Waals surface area contributed by atoms with Crippen molar-refractivity contribution in [2.24, 2.45) is 0 Å². The van der Waals surface area contributed by atoms with Crippen LogP contribution in [0.25, 0.3) is 27.7 Å². The van der Waals surface area contributed by atoms with Crippen molar-refractivity contribution in [2.45, 2.75) is 13.8 Å². The molecule has 3 aromatic heterocycles. The van der Waals surface area contributed by atoms with Crippen LogP contribution in [0.15, 0.2) is 63.2 Å². The van der Waals surface area contributed by atoms with Gasteiger partial charge in [-0.1, -0.05) is 35.0 Å². The number of hydrogen-bond donors (Lipinski definition) is 1. The van der Waals surface area contributed by atoms with E-state index in [9.17, 15) is 18.8 Å². The maximum atomic E-state index is 13.6. The van der Waals surface area contributed by atoms with E-state index in [2.05, 4.69) is 15.6 Å². The Bertz CT molecular complexity index is 1760. The number of thiophene rings is 1. The molecule has 0 aliphatic heterocycles. The largest absolute Gasteiger partial charge is 0.461 e. The zero-order valence-corrected chi connectivity index (χ0v) is 21.5.